The third kappa shape index (κ3) is 4.32. The average molecular weight is 295 g/mol. The van der Waals surface area contributed by atoms with Gasteiger partial charge < -0.3 is 20.3 Å². The zero-order valence-electron chi connectivity index (χ0n) is 11.1. The highest BCUT2D eigenvalue weighted by Crippen LogP contribution is 2.19. The van der Waals surface area contributed by atoms with E-state index in [1.165, 1.54) is 12.1 Å². The molecular formula is C15H15F2NO3. The van der Waals surface area contributed by atoms with E-state index in [1.807, 2.05) is 0 Å². The minimum absolute atomic E-state index is 0.0552. The van der Waals surface area contributed by atoms with Crippen molar-refractivity contribution in [2.75, 3.05) is 18.9 Å². The molecule has 1 unspecified atom stereocenters. The highest BCUT2D eigenvalue weighted by molar-refractivity contribution is 5.43. The minimum Gasteiger partial charge on any atom is -0.491 e. The third-order valence-corrected chi connectivity index (χ3v) is 2.65. The summed E-state index contributed by atoms with van der Waals surface area (Å²) < 4.78 is 36.6. The predicted molar refractivity (Wildman–Crippen MR) is 74.2 cm³/mol. The lowest BCUT2D eigenvalue weighted by Gasteiger charge is -2.14. The summed E-state index contributed by atoms with van der Waals surface area (Å²) in [5.74, 6) is -1.83. The Morgan fingerprint density at radius 1 is 1.05 bits per heavy atom. The maximum atomic E-state index is 13.3. The Labute approximate surface area is 120 Å². The van der Waals surface area contributed by atoms with Gasteiger partial charge in [-0.15, -0.1) is 0 Å². The average Bonchev–Trinajstić information content (AvgIpc) is 2.47. The molecule has 2 rings (SSSR count). The van der Waals surface area contributed by atoms with Crippen LogP contribution in [0.3, 0.4) is 0 Å². The topological polar surface area (TPSA) is 64.7 Å². The van der Waals surface area contributed by atoms with Crippen molar-refractivity contribution < 1.29 is 23.4 Å². The van der Waals surface area contributed by atoms with Gasteiger partial charge in [0.1, 0.15) is 25.1 Å². The van der Waals surface area contributed by atoms with Crippen LogP contribution in [-0.2, 0) is 0 Å². The first-order chi connectivity index (χ1) is 10.1. The van der Waals surface area contributed by atoms with Crippen LogP contribution in [0.4, 0.5) is 14.5 Å². The number of nitrogens with two attached hydrogens (primary N) is 1. The fraction of sp³-hybridized carbons (Fsp3) is 0.200. The molecule has 0 aromatic heterocycles. The Kier molecular flexibility index (Phi) is 4.94. The van der Waals surface area contributed by atoms with Crippen molar-refractivity contribution in [1.82, 2.24) is 0 Å². The van der Waals surface area contributed by atoms with Crippen LogP contribution in [0.5, 0.6) is 11.5 Å². The summed E-state index contributed by atoms with van der Waals surface area (Å²) in [5.41, 5.74) is 6.13. The van der Waals surface area contributed by atoms with Crippen LogP contribution < -0.4 is 15.2 Å². The molecule has 0 saturated carbocycles. The van der Waals surface area contributed by atoms with Crippen LogP contribution in [0.1, 0.15) is 0 Å². The van der Waals surface area contributed by atoms with E-state index in [4.69, 9.17) is 15.2 Å². The largest absolute Gasteiger partial charge is 0.491 e. The Balaban J connectivity index is 1.82. The highest BCUT2D eigenvalue weighted by Gasteiger charge is 2.12. The monoisotopic (exact) mass is 295 g/mol. The molecule has 3 N–H and O–H groups in total. The Hall–Kier alpha value is -2.34. The Morgan fingerprint density at radius 2 is 1.76 bits per heavy atom. The molecule has 0 aliphatic carbocycles. The molecule has 0 aliphatic rings. The van der Waals surface area contributed by atoms with Crippen molar-refractivity contribution in [2.24, 2.45) is 0 Å². The quantitative estimate of drug-likeness (QED) is 0.803. The Morgan fingerprint density at radius 3 is 2.52 bits per heavy atom. The predicted octanol–water partition coefficient (Wildman–Crippen LogP) is 2.37. The van der Waals surface area contributed by atoms with Crippen LogP contribution in [0, 0.1) is 11.6 Å². The molecule has 0 amide bonds. The molecular weight excluding hydrogens is 280 g/mol. The SMILES string of the molecule is Nc1cccc(OCC(O)COc2cccc(F)c2F)c1. The molecule has 21 heavy (non-hydrogen) atoms. The first-order valence-electron chi connectivity index (χ1n) is 6.29. The fourth-order valence-corrected chi connectivity index (χ4v) is 1.63. The molecule has 4 nitrogen and oxygen atoms in total. The summed E-state index contributed by atoms with van der Waals surface area (Å²) >= 11 is 0. The summed E-state index contributed by atoms with van der Waals surface area (Å²) in [6, 6.07) is 10.3. The highest BCUT2D eigenvalue weighted by atomic mass is 19.2. The van der Waals surface area contributed by atoms with Gasteiger partial charge in [0.15, 0.2) is 11.6 Å². The van der Waals surface area contributed by atoms with Crippen LogP contribution in [0.15, 0.2) is 42.5 Å². The smallest absolute Gasteiger partial charge is 0.200 e. The molecule has 112 valence electrons. The normalized spacial score (nSPS) is 12.0. The second-order valence-corrected chi connectivity index (χ2v) is 4.40. The van der Waals surface area contributed by atoms with Crippen molar-refractivity contribution in [3.8, 4) is 11.5 Å². The molecule has 2 aromatic carbocycles. The van der Waals surface area contributed by atoms with Crippen LogP contribution >= 0.6 is 0 Å². The van der Waals surface area contributed by atoms with E-state index < -0.39 is 17.7 Å². The minimum atomic E-state index is -1.08. The van der Waals surface area contributed by atoms with Gasteiger partial charge in [0.25, 0.3) is 0 Å². The number of aliphatic hydroxyl groups excluding tert-OH is 1. The number of halogens is 2. The molecule has 0 heterocycles. The van der Waals surface area contributed by atoms with Crippen molar-refractivity contribution in [1.29, 1.82) is 0 Å². The van der Waals surface area contributed by atoms with Crippen LogP contribution in [0.25, 0.3) is 0 Å². The van der Waals surface area contributed by atoms with Crippen molar-refractivity contribution >= 4 is 5.69 Å². The van der Waals surface area contributed by atoms with Gasteiger partial charge in [-0.05, 0) is 24.3 Å². The van der Waals surface area contributed by atoms with E-state index in [0.29, 0.717) is 11.4 Å². The van der Waals surface area contributed by atoms with Gasteiger partial charge in [-0.3, -0.25) is 0 Å². The first kappa shape index (κ1) is 15.1. The number of aliphatic hydroxyl groups is 1. The summed E-state index contributed by atoms with van der Waals surface area (Å²) in [6.45, 7) is -0.275. The maximum absolute atomic E-state index is 13.3. The maximum Gasteiger partial charge on any atom is 0.200 e. The number of hydrogen-bond donors (Lipinski definition) is 2. The second-order valence-electron chi connectivity index (χ2n) is 4.40. The van der Waals surface area contributed by atoms with Gasteiger partial charge in [-0.2, -0.15) is 4.39 Å². The van der Waals surface area contributed by atoms with Crippen LogP contribution in [-0.4, -0.2) is 24.4 Å². The van der Waals surface area contributed by atoms with E-state index in [1.54, 1.807) is 24.3 Å². The standard InChI is InChI=1S/C15H15F2NO3/c16-13-5-2-6-14(15(13)17)21-9-11(19)8-20-12-4-1-3-10(18)7-12/h1-7,11,19H,8-9,18H2. The van der Waals surface area contributed by atoms with Crippen molar-refractivity contribution in [3.05, 3.63) is 54.1 Å². The number of nitrogen functional groups attached to an aromatic ring is 1. The van der Waals surface area contributed by atoms with Gasteiger partial charge in [-0.1, -0.05) is 12.1 Å². The zero-order valence-corrected chi connectivity index (χ0v) is 11.1. The van der Waals surface area contributed by atoms with Gasteiger partial charge in [-0.25, -0.2) is 4.39 Å². The number of benzene rings is 2. The fourth-order valence-electron chi connectivity index (χ4n) is 1.63. The van der Waals surface area contributed by atoms with E-state index in [-0.39, 0.29) is 19.0 Å². The molecule has 0 aliphatic heterocycles. The number of hydrogen-bond acceptors (Lipinski definition) is 4. The van der Waals surface area contributed by atoms with Gasteiger partial charge in [0, 0.05) is 11.8 Å². The van der Waals surface area contributed by atoms with Crippen molar-refractivity contribution in [3.63, 3.8) is 0 Å². The summed E-state index contributed by atoms with van der Waals surface area (Å²) in [4.78, 5) is 0. The molecule has 0 saturated heterocycles. The van der Waals surface area contributed by atoms with E-state index in [0.717, 1.165) is 6.07 Å². The summed E-state index contributed by atoms with van der Waals surface area (Å²) in [5, 5.41) is 9.70. The van der Waals surface area contributed by atoms with Crippen LogP contribution in [0.2, 0.25) is 0 Å². The molecule has 0 radical (unpaired) electrons. The molecule has 0 spiro atoms. The molecule has 0 bridgehead atoms. The Bertz CT molecular complexity index is 607. The first-order valence-corrected chi connectivity index (χ1v) is 6.29. The van der Waals surface area contributed by atoms with Gasteiger partial charge >= 0.3 is 0 Å². The molecule has 0 fully saturated rings. The lowest BCUT2D eigenvalue weighted by Crippen LogP contribution is -2.25. The number of anilines is 1. The van der Waals surface area contributed by atoms with E-state index in [9.17, 15) is 13.9 Å². The molecule has 2 aromatic rings. The van der Waals surface area contributed by atoms with Crippen molar-refractivity contribution in [2.45, 2.75) is 6.10 Å². The summed E-state index contributed by atoms with van der Waals surface area (Å²) in [6.07, 6.45) is -0.992. The number of ether oxygens (including phenoxy) is 2. The lowest BCUT2D eigenvalue weighted by molar-refractivity contribution is 0.0610. The third-order valence-electron chi connectivity index (χ3n) is 2.65. The van der Waals surface area contributed by atoms with Gasteiger partial charge in [0.2, 0.25) is 5.82 Å². The van der Waals surface area contributed by atoms with E-state index in [2.05, 4.69) is 0 Å². The zero-order chi connectivity index (χ0) is 15.2. The molecule has 1 atom stereocenters. The lowest BCUT2D eigenvalue weighted by atomic mass is 10.3. The number of rotatable bonds is 6. The van der Waals surface area contributed by atoms with Gasteiger partial charge in [0.05, 0.1) is 0 Å². The second kappa shape index (κ2) is 6.90. The summed E-state index contributed by atoms with van der Waals surface area (Å²) in [7, 11) is 0. The molecule has 6 heteroatoms. The van der Waals surface area contributed by atoms with E-state index >= 15 is 0 Å².